The molecule has 0 spiro atoms. The Bertz CT molecular complexity index is 1490. The van der Waals surface area contributed by atoms with Crippen molar-refractivity contribution in [2.45, 2.75) is 18.9 Å². The van der Waals surface area contributed by atoms with Crippen molar-refractivity contribution < 1.29 is 14.6 Å². The maximum atomic E-state index is 14.7. The predicted octanol–water partition coefficient (Wildman–Crippen LogP) is 4.36. The van der Waals surface area contributed by atoms with E-state index in [1.165, 1.54) is 21.3 Å². The molecule has 0 bridgehead atoms. The van der Waals surface area contributed by atoms with Gasteiger partial charge in [0, 0.05) is 49.9 Å². The van der Waals surface area contributed by atoms with Gasteiger partial charge in [0.05, 0.1) is 16.3 Å². The van der Waals surface area contributed by atoms with Gasteiger partial charge in [-0.3, -0.25) is 4.57 Å². The fraction of sp³-hybridized carbons (Fsp3) is 0.231. The number of β-amino-alcohol motifs (C(OH)–C–C–N with tert-alkyl or cyclic N) is 1. The Labute approximate surface area is 206 Å². The number of hydrogen-bond donors (Lipinski definition) is 2. The minimum Gasteiger partial charge on any atom is -0.507 e. The molecule has 1 fully saturated rings. The molecule has 3 heterocycles. The number of phenols is 1. The minimum atomic E-state index is -0.790. The van der Waals surface area contributed by atoms with E-state index < -0.39 is 11.4 Å². The number of hydrogen-bond acceptors (Lipinski definition) is 5. The van der Waals surface area contributed by atoms with Gasteiger partial charge in [0.25, 0.3) is 0 Å². The Morgan fingerprint density at radius 2 is 1.80 bits per heavy atom. The molecule has 0 saturated carbocycles. The van der Waals surface area contributed by atoms with E-state index in [4.69, 9.17) is 11.6 Å². The average Bonchev–Trinajstić information content (AvgIpc) is 3.36. The highest BCUT2D eigenvalue weighted by atomic mass is 35.5. The van der Waals surface area contributed by atoms with Crippen LogP contribution in [-0.4, -0.2) is 43.0 Å². The van der Waals surface area contributed by atoms with E-state index in [2.05, 4.69) is 4.98 Å². The fourth-order valence-electron chi connectivity index (χ4n) is 4.46. The molecule has 0 amide bonds. The van der Waals surface area contributed by atoms with E-state index in [0.29, 0.717) is 47.7 Å². The Morgan fingerprint density at radius 3 is 2.40 bits per heavy atom. The van der Waals surface area contributed by atoms with E-state index in [1.54, 1.807) is 62.9 Å². The van der Waals surface area contributed by atoms with Crippen LogP contribution in [0.3, 0.4) is 0 Å². The van der Waals surface area contributed by atoms with Crippen molar-refractivity contribution in [3.63, 3.8) is 0 Å². The van der Waals surface area contributed by atoms with E-state index in [9.17, 15) is 19.4 Å². The summed E-state index contributed by atoms with van der Waals surface area (Å²) in [6.45, 7) is 2.88. The monoisotopic (exact) mass is 494 g/mol. The summed E-state index contributed by atoms with van der Waals surface area (Å²) in [6, 6.07) is 10.9. The molecule has 5 rings (SSSR count). The van der Waals surface area contributed by atoms with Gasteiger partial charge >= 0.3 is 5.69 Å². The average molecular weight is 495 g/mol. The Hall–Kier alpha value is -3.62. The molecule has 7 nitrogen and oxygen atoms in total. The smallest absolute Gasteiger partial charge is 0.332 e. The molecule has 1 aliphatic heterocycles. The lowest BCUT2D eigenvalue weighted by molar-refractivity contribution is 0.0839. The molecule has 0 aliphatic carbocycles. The number of aliphatic hydroxyl groups is 1. The molecule has 4 aromatic rings. The topological polar surface area (TPSA) is 83.5 Å². The van der Waals surface area contributed by atoms with Gasteiger partial charge in [-0.1, -0.05) is 17.7 Å². The lowest BCUT2D eigenvalue weighted by Gasteiger charge is -2.20. The Balaban J connectivity index is 1.54. The molecule has 0 radical (unpaired) electrons. The second-order valence-electron chi connectivity index (χ2n) is 9.15. The summed E-state index contributed by atoms with van der Waals surface area (Å²) in [7, 11) is 1.64. The van der Waals surface area contributed by atoms with Crippen LogP contribution in [0.25, 0.3) is 27.9 Å². The van der Waals surface area contributed by atoms with Crippen LogP contribution in [-0.2, 0) is 7.05 Å². The van der Waals surface area contributed by atoms with Crippen LogP contribution in [0.1, 0.15) is 13.3 Å². The van der Waals surface area contributed by atoms with Crippen molar-refractivity contribution in [1.29, 1.82) is 0 Å². The number of aryl methyl sites for hydroxylation is 1. The summed E-state index contributed by atoms with van der Waals surface area (Å²) < 4.78 is 17.6. The standard InChI is InChI=1S/C26H24ClFN4O3/c1-26(35)6-8-31(15-26)23-12-17(5-7-29-23)20-14-18(28)13-19(24(20)33)16-3-4-22(21(27)11-16)32-10-9-30(2)25(32)34/h3-5,7,9-14,33,35H,6,8,15H2,1-2H3/t26-/m0/s1. The summed E-state index contributed by atoms with van der Waals surface area (Å²) in [4.78, 5) is 18.6. The van der Waals surface area contributed by atoms with Gasteiger partial charge in [-0.2, -0.15) is 0 Å². The quantitative estimate of drug-likeness (QED) is 0.440. The molecule has 2 aromatic carbocycles. The van der Waals surface area contributed by atoms with Crippen LogP contribution in [0.5, 0.6) is 5.75 Å². The third-order valence-corrected chi connectivity index (χ3v) is 6.68. The van der Waals surface area contributed by atoms with Crippen molar-refractivity contribution in [3.8, 4) is 33.7 Å². The van der Waals surface area contributed by atoms with Gasteiger partial charge in [0.15, 0.2) is 0 Å². The fourth-order valence-corrected chi connectivity index (χ4v) is 4.73. The highest BCUT2D eigenvalue weighted by Gasteiger charge is 2.32. The van der Waals surface area contributed by atoms with E-state index in [0.717, 1.165) is 0 Å². The van der Waals surface area contributed by atoms with E-state index in [1.807, 2.05) is 4.90 Å². The van der Waals surface area contributed by atoms with Crippen molar-refractivity contribution in [2.75, 3.05) is 18.0 Å². The molecular weight excluding hydrogens is 471 g/mol. The van der Waals surface area contributed by atoms with Crippen molar-refractivity contribution in [2.24, 2.45) is 7.05 Å². The maximum Gasteiger partial charge on any atom is 0.332 e. The van der Waals surface area contributed by atoms with Crippen LogP contribution in [0.15, 0.2) is 65.8 Å². The summed E-state index contributed by atoms with van der Waals surface area (Å²) >= 11 is 6.48. The molecule has 0 unspecified atom stereocenters. The van der Waals surface area contributed by atoms with Crippen molar-refractivity contribution >= 4 is 17.4 Å². The number of halogens is 2. The highest BCUT2D eigenvalue weighted by molar-refractivity contribution is 6.32. The molecular formula is C26H24ClFN4O3. The lowest BCUT2D eigenvalue weighted by Crippen LogP contribution is -2.29. The highest BCUT2D eigenvalue weighted by Crippen LogP contribution is 2.41. The van der Waals surface area contributed by atoms with Crippen LogP contribution in [0, 0.1) is 5.82 Å². The molecule has 35 heavy (non-hydrogen) atoms. The lowest BCUT2D eigenvalue weighted by atomic mass is 9.97. The summed E-state index contributed by atoms with van der Waals surface area (Å²) in [6.07, 6.45) is 5.47. The number of pyridine rings is 1. The number of nitrogens with zero attached hydrogens (tertiary/aromatic N) is 4. The zero-order chi connectivity index (χ0) is 24.9. The third kappa shape index (κ3) is 4.31. The SMILES string of the molecule is Cn1ccn(-c2ccc(-c3cc(F)cc(-c4ccnc(N5CC[C@](C)(O)C5)c4)c3O)cc2Cl)c1=O. The molecule has 2 aromatic heterocycles. The van der Waals surface area contributed by atoms with Gasteiger partial charge in [-0.15, -0.1) is 0 Å². The largest absolute Gasteiger partial charge is 0.507 e. The number of anilines is 1. The molecule has 2 N–H and O–H groups in total. The molecule has 1 atom stereocenters. The first-order valence-electron chi connectivity index (χ1n) is 11.1. The normalized spacial score (nSPS) is 17.8. The van der Waals surface area contributed by atoms with Gasteiger partial charge in [0.2, 0.25) is 0 Å². The second kappa shape index (κ2) is 8.55. The van der Waals surface area contributed by atoms with Crippen LogP contribution in [0.4, 0.5) is 10.2 Å². The van der Waals surface area contributed by atoms with Crippen molar-refractivity contribution in [1.82, 2.24) is 14.1 Å². The number of aromatic hydroxyl groups is 1. The van der Waals surface area contributed by atoms with Crippen LogP contribution in [0.2, 0.25) is 5.02 Å². The zero-order valence-electron chi connectivity index (χ0n) is 19.2. The van der Waals surface area contributed by atoms with Gasteiger partial charge in [-0.05, 0) is 60.9 Å². The predicted molar refractivity (Wildman–Crippen MR) is 134 cm³/mol. The van der Waals surface area contributed by atoms with E-state index in [-0.39, 0.29) is 22.0 Å². The number of phenolic OH excluding ortho intramolecular Hbond substituents is 1. The first-order chi connectivity index (χ1) is 16.6. The van der Waals surface area contributed by atoms with Gasteiger partial charge in [-0.25, -0.2) is 14.2 Å². The maximum absolute atomic E-state index is 14.7. The number of rotatable bonds is 4. The second-order valence-corrected chi connectivity index (χ2v) is 9.56. The summed E-state index contributed by atoms with van der Waals surface area (Å²) in [5, 5.41) is 21.7. The minimum absolute atomic E-state index is 0.0994. The summed E-state index contributed by atoms with van der Waals surface area (Å²) in [5.74, 6) is 0.0265. The van der Waals surface area contributed by atoms with Gasteiger partial charge < -0.3 is 19.7 Å². The number of benzene rings is 2. The van der Waals surface area contributed by atoms with Crippen molar-refractivity contribution in [3.05, 3.63) is 82.4 Å². The number of aromatic nitrogens is 3. The van der Waals surface area contributed by atoms with Gasteiger partial charge in [0.1, 0.15) is 17.4 Å². The Kier molecular flexibility index (Phi) is 5.65. The molecule has 180 valence electrons. The third-order valence-electron chi connectivity index (χ3n) is 6.37. The van der Waals surface area contributed by atoms with Crippen LogP contribution < -0.4 is 10.6 Å². The molecule has 1 saturated heterocycles. The first kappa shape index (κ1) is 23.1. The first-order valence-corrected chi connectivity index (χ1v) is 11.5. The summed E-state index contributed by atoms with van der Waals surface area (Å²) in [5.41, 5.74) is 1.14. The zero-order valence-corrected chi connectivity index (χ0v) is 20.0. The van der Waals surface area contributed by atoms with Crippen LogP contribution >= 0.6 is 11.6 Å². The number of imidazole rings is 1. The Morgan fingerprint density at radius 1 is 1.09 bits per heavy atom. The molecule has 9 heteroatoms. The van der Waals surface area contributed by atoms with E-state index >= 15 is 0 Å². The molecule has 1 aliphatic rings.